The Morgan fingerprint density at radius 2 is 1.00 bits per heavy atom. The highest BCUT2D eigenvalue weighted by atomic mass is 79.9. The van der Waals surface area contributed by atoms with Crippen LogP contribution in [0, 0.1) is 34.5 Å². The number of benzene rings is 2. The van der Waals surface area contributed by atoms with Gasteiger partial charge in [0, 0.05) is 17.9 Å². The average Bonchev–Trinajstić information content (AvgIpc) is 2.58. The first-order valence-electron chi connectivity index (χ1n) is 8.50. The number of halogens is 4. The fraction of sp³-hybridized carbons (Fsp3) is 0.300. The van der Waals surface area contributed by atoms with E-state index in [-0.39, 0.29) is 11.5 Å². The summed E-state index contributed by atoms with van der Waals surface area (Å²) in [4.78, 5) is 0. The molecule has 2 atom stereocenters. The van der Waals surface area contributed by atoms with Crippen LogP contribution in [0.1, 0.15) is 11.1 Å². The summed E-state index contributed by atoms with van der Waals surface area (Å²) in [5.74, 6) is -1.90. The van der Waals surface area contributed by atoms with Crippen molar-refractivity contribution < 1.29 is 8.42 Å². The van der Waals surface area contributed by atoms with Crippen LogP contribution >= 0.6 is 63.7 Å². The number of sulfone groups is 1. The molecule has 2 aromatic rings. The fourth-order valence-electron chi connectivity index (χ4n) is 2.99. The highest BCUT2D eigenvalue weighted by Gasteiger charge is 2.24. The fourth-order valence-corrected chi connectivity index (χ4v) is 7.52. The second kappa shape index (κ2) is 11.1. The van der Waals surface area contributed by atoms with Gasteiger partial charge in [0.05, 0.1) is 35.5 Å². The number of nitriles is 2. The third-order valence-electron chi connectivity index (χ3n) is 4.08. The molecule has 0 spiro atoms. The molecule has 0 N–H and O–H groups in total. The van der Waals surface area contributed by atoms with Crippen molar-refractivity contribution in [2.75, 3.05) is 11.5 Å². The van der Waals surface area contributed by atoms with Crippen molar-refractivity contribution in [1.29, 1.82) is 10.5 Å². The van der Waals surface area contributed by atoms with E-state index in [4.69, 9.17) is 0 Å². The monoisotopic (exact) mass is 664 g/mol. The summed E-state index contributed by atoms with van der Waals surface area (Å²) < 4.78 is 28.8. The SMILES string of the molecule is N#CC(Cc1cc(Br)cc(Br)c1)CS(=O)(=O)CC(C#N)Cc1cc(Br)cc(Br)c1. The van der Waals surface area contributed by atoms with Gasteiger partial charge >= 0.3 is 0 Å². The van der Waals surface area contributed by atoms with Gasteiger partial charge in [-0.3, -0.25) is 0 Å². The molecule has 0 saturated carbocycles. The maximum atomic E-state index is 12.7. The Labute approximate surface area is 204 Å². The molecule has 0 radical (unpaired) electrons. The Bertz CT molecular complexity index is 955. The van der Waals surface area contributed by atoms with Crippen LogP contribution < -0.4 is 0 Å². The summed E-state index contributed by atoms with van der Waals surface area (Å²) in [5, 5.41) is 18.9. The summed E-state index contributed by atoms with van der Waals surface area (Å²) in [6, 6.07) is 15.4. The molecule has 4 nitrogen and oxygen atoms in total. The van der Waals surface area contributed by atoms with Crippen molar-refractivity contribution in [3.63, 3.8) is 0 Å². The van der Waals surface area contributed by atoms with Gasteiger partial charge in [-0.2, -0.15) is 10.5 Å². The lowest BCUT2D eigenvalue weighted by Gasteiger charge is -2.14. The standard InChI is InChI=1S/C20H16Br4N2O2S/c21-17-3-13(4-18(22)7-17)1-15(9-25)11-29(27,28)12-16(10-26)2-14-5-19(23)8-20(24)6-14/h3-8,15-16H,1-2,11-12H2. The molecule has 0 saturated heterocycles. The van der Waals surface area contributed by atoms with Crippen LogP contribution in [0.5, 0.6) is 0 Å². The number of hydrogen-bond donors (Lipinski definition) is 0. The van der Waals surface area contributed by atoms with E-state index in [1.165, 1.54) is 0 Å². The van der Waals surface area contributed by atoms with E-state index in [2.05, 4.69) is 75.9 Å². The first-order valence-corrected chi connectivity index (χ1v) is 13.5. The molecule has 152 valence electrons. The Hall–Kier alpha value is -0.710. The molecular formula is C20H16Br4N2O2S. The molecule has 0 fully saturated rings. The smallest absolute Gasteiger partial charge is 0.152 e. The minimum absolute atomic E-state index is 0.270. The maximum absolute atomic E-state index is 12.7. The van der Waals surface area contributed by atoms with Gasteiger partial charge in [-0.15, -0.1) is 0 Å². The molecule has 0 aliphatic heterocycles. The summed E-state index contributed by atoms with van der Waals surface area (Å²) in [6.07, 6.45) is 0.646. The summed E-state index contributed by atoms with van der Waals surface area (Å²) in [6.45, 7) is 0. The first-order chi connectivity index (χ1) is 13.6. The van der Waals surface area contributed by atoms with Crippen LogP contribution in [0.3, 0.4) is 0 Å². The Morgan fingerprint density at radius 1 is 0.690 bits per heavy atom. The molecule has 0 aromatic heterocycles. The first kappa shape index (κ1) is 24.6. The Kier molecular flexibility index (Phi) is 9.37. The molecule has 9 heteroatoms. The van der Waals surface area contributed by atoms with Gasteiger partial charge in [-0.05, 0) is 60.4 Å². The van der Waals surface area contributed by atoms with E-state index < -0.39 is 21.7 Å². The van der Waals surface area contributed by atoms with Crippen LogP contribution in [0.4, 0.5) is 0 Å². The van der Waals surface area contributed by atoms with Gasteiger partial charge in [-0.1, -0.05) is 63.7 Å². The summed E-state index contributed by atoms with van der Waals surface area (Å²) in [5.41, 5.74) is 1.73. The number of rotatable bonds is 8. The molecule has 0 aliphatic rings. The van der Waals surface area contributed by atoms with Gasteiger partial charge in [0.1, 0.15) is 0 Å². The lowest BCUT2D eigenvalue weighted by atomic mass is 10.0. The molecule has 0 aliphatic carbocycles. The van der Waals surface area contributed by atoms with Gasteiger partial charge in [0.25, 0.3) is 0 Å². The Balaban J connectivity index is 2.07. The average molecular weight is 668 g/mol. The predicted octanol–water partition coefficient (Wildman–Crippen LogP) is 6.22. The molecule has 2 unspecified atom stereocenters. The summed E-state index contributed by atoms with van der Waals surface area (Å²) >= 11 is 13.6. The molecular weight excluding hydrogens is 652 g/mol. The lowest BCUT2D eigenvalue weighted by molar-refractivity contribution is 0.573. The highest BCUT2D eigenvalue weighted by molar-refractivity contribution is 9.11. The van der Waals surface area contributed by atoms with Crippen LogP contribution in [0.2, 0.25) is 0 Å². The highest BCUT2D eigenvalue weighted by Crippen LogP contribution is 2.24. The molecule has 2 aromatic carbocycles. The van der Waals surface area contributed by atoms with Crippen LogP contribution in [-0.4, -0.2) is 19.9 Å². The van der Waals surface area contributed by atoms with E-state index in [1.54, 1.807) is 0 Å². The van der Waals surface area contributed by atoms with Crippen molar-refractivity contribution in [3.05, 3.63) is 65.4 Å². The van der Waals surface area contributed by atoms with E-state index in [0.717, 1.165) is 29.0 Å². The molecule has 0 bridgehead atoms. The zero-order valence-electron chi connectivity index (χ0n) is 15.1. The quantitative estimate of drug-likeness (QED) is 0.335. The van der Waals surface area contributed by atoms with E-state index in [0.29, 0.717) is 12.8 Å². The second-order valence-electron chi connectivity index (χ2n) is 6.69. The zero-order valence-corrected chi connectivity index (χ0v) is 22.2. The van der Waals surface area contributed by atoms with Gasteiger partial charge in [-0.25, -0.2) is 8.42 Å². The van der Waals surface area contributed by atoms with E-state index in [1.807, 2.05) is 36.4 Å². The number of hydrogen-bond acceptors (Lipinski definition) is 4. The van der Waals surface area contributed by atoms with Crippen molar-refractivity contribution in [3.8, 4) is 12.1 Å². The van der Waals surface area contributed by atoms with Crippen molar-refractivity contribution in [2.45, 2.75) is 12.8 Å². The van der Waals surface area contributed by atoms with Gasteiger partial charge in [0.2, 0.25) is 0 Å². The molecule has 29 heavy (non-hydrogen) atoms. The number of nitrogens with zero attached hydrogens (tertiary/aromatic N) is 2. The minimum Gasteiger partial charge on any atom is -0.229 e. The molecule has 0 amide bonds. The second-order valence-corrected chi connectivity index (χ2v) is 12.5. The molecule has 0 heterocycles. The lowest BCUT2D eigenvalue weighted by Crippen LogP contribution is -2.24. The van der Waals surface area contributed by atoms with E-state index in [9.17, 15) is 18.9 Å². The summed E-state index contributed by atoms with van der Waals surface area (Å²) in [7, 11) is -3.58. The van der Waals surface area contributed by atoms with Crippen molar-refractivity contribution in [2.24, 2.45) is 11.8 Å². The minimum atomic E-state index is -3.58. The van der Waals surface area contributed by atoms with E-state index >= 15 is 0 Å². The topological polar surface area (TPSA) is 81.7 Å². The largest absolute Gasteiger partial charge is 0.229 e. The predicted molar refractivity (Wildman–Crippen MR) is 128 cm³/mol. The normalized spacial score (nSPS) is 13.3. The third-order valence-corrected chi connectivity index (χ3v) is 7.74. The van der Waals surface area contributed by atoms with Crippen LogP contribution in [0.25, 0.3) is 0 Å². The van der Waals surface area contributed by atoms with Gasteiger partial charge in [0.15, 0.2) is 9.84 Å². The van der Waals surface area contributed by atoms with Crippen LogP contribution in [-0.2, 0) is 22.7 Å². The van der Waals surface area contributed by atoms with Crippen molar-refractivity contribution in [1.82, 2.24) is 0 Å². The zero-order chi connectivity index (χ0) is 21.6. The molecule has 2 rings (SSSR count). The van der Waals surface area contributed by atoms with Crippen molar-refractivity contribution >= 4 is 73.6 Å². The third kappa shape index (κ3) is 8.51. The maximum Gasteiger partial charge on any atom is 0.152 e. The van der Waals surface area contributed by atoms with Crippen LogP contribution in [0.15, 0.2) is 54.3 Å². The Morgan fingerprint density at radius 3 is 1.28 bits per heavy atom. The van der Waals surface area contributed by atoms with Gasteiger partial charge < -0.3 is 0 Å².